The monoisotopic (exact) mass is 397 g/mol. The molecule has 2 aliphatic rings. The number of carbonyl (C=O) groups is 2. The van der Waals surface area contributed by atoms with E-state index in [4.69, 9.17) is 14.2 Å². The van der Waals surface area contributed by atoms with Crippen LogP contribution in [0.5, 0.6) is 17.2 Å². The summed E-state index contributed by atoms with van der Waals surface area (Å²) in [6, 6.07) is 12.5. The molecular weight excluding hydrogens is 374 g/mol. The van der Waals surface area contributed by atoms with Gasteiger partial charge in [-0.2, -0.15) is 0 Å². The molecule has 0 saturated carbocycles. The summed E-state index contributed by atoms with van der Waals surface area (Å²) < 4.78 is 15.8. The summed E-state index contributed by atoms with van der Waals surface area (Å²) in [5.74, 6) is 1.64. The van der Waals surface area contributed by atoms with Crippen molar-refractivity contribution < 1.29 is 23.8 Å². The molecule has 0 radical (unpaired) electrons. The first kappa shape index (κ1) is 19.1. The van der Waals surface area contributed by atoms with E-state index < -0.39 is 6.03 Å². The van der Waals surface area contributed by atoms with E-state index in [-0.39, 0.29) is 25.3 Å². The van der Waals surface area contributed by atoms with Crippen LogP contribution in [0.15, 0.2) is 42.5 Å². The Bertz CT molecular complexity index is 917. The third-order valence-electron chi connectivity index (χ3n) is 5.07. The Morgan fingerprint density at radius 1 is 1.17 bits per heavy atom. The summed E-state index contributed by atoms with van der Waals surface area (Å²) in [6.07, 6.45) is 1.96. The number of fused-ring (bicyclic) bond motifs is 1. The SMILES string of the molecule is COc1cccc(C2CCCN2CC(=O)NC(=O)Nc2ccc3c(c2)OCO3)c1. The van der Waals surface area contributed by atoms with Crippen LogP contribution < -0.4 is 24.8 Å². The predicted molar refractivity (Wildman–Crippen MR) is 106 cm³/mol. The van der Waals surface area contributed by atoms with Crippen molar-refractivity contribution >= 4 is 17.6 Å². The summed E-state index contributed by atoms with van der Waals surface area (Å²) >= 11 is 0. The van der Waals surface area contributed by atoms with Crippen LogP contribution in [-0.2, 0) is 4.79 Å². The minimum atomic E-state index is -0.578. The van der Waals surface area contributed by atoms with E-state index in [2.05, 4.69) is 15.5 Å². The number of carbonyl (C=O) groups excluding carboxylic acids is 2. The number of hydrogen-bond acceptors (Lipinski definition) is 6. The first-order chi connectivity index (χ1) is 14.1. The van der Waals surface area contributed by atoms with Gasteiger partial charge >= 0.3 is 6.03 Å². The van der Waals surface area contributed by atoms with Crippen molar-refractivity contribution in [2.75, 3.05) is 32.3 Å². The van der Waals surface area contributed by atoms with Crippen LogP contribution in [0, 0.1) is 0 Å². The lowest BCUT2D eigenvalue weighted by Crippen LogP contribution is -2.41. The van der Waals surface area contributed by atoms with Gasteiger partial charge in [-0.05, 0) is 49.2 Å². The van der Waals surface area contributed by atoms with Crippen LogP contribution in [0.3, 0.4) is 0 Å². The summed E-state index contributed by atoms with van der Waals surface area (Å²) in [4.78, 5) is 26.7. The van der Waals surface area contributed by atoms with Crippen molar-refractivity contribution in [1.29, 1.82) is 0 Å². The minimum absolute atomic E-state index is 0.132. The van der Waals surface area contributed by atoms with Gasteiger partial charge in [-0.3, -0.25) is 15.0 Å². The molecule has 3 amide bonds. The van der Waals surface area contributed by atoms with Gasteiger partial charge in [0.05, 0.1) is 13.7 Å². The van der Waals surface area contributed by atoms with E-state index in [1.165, 1.54) is 0 Å². The third kappa shape index (κ3) is 4.43. The predicted octanol–water partition coefficient (Wildman–Crippen LogP) is 2.91. The van der Waals surface area contributed by atoms with Crippen molar-refractivity contribution in [2.24, 2.45) is 0 Å². The molecule has 29 heavy (non-hydrogen) atoms. The zero-order valence-corrected chi connectivity index (χ0v) is 16.1. The Morgan fingerprint density at radius 2 is 2.03 bits per heavy atom. The molecule has 2 aromatic carbocycles. The first-order valence-electron chi connectivity index (χ1n) is 9.51. The molecule has 2 aliphatic heterocycles. The van der Waals surface area contributed by atoms with Crippen molar-refractivity contribution in [3.8, 4) is 17.2 Å². The largest absolute Gasteiger partial charge is 0.497 e. The van der Waals surface area contributed by atoms with Crippen LogP contribution in [-0.4, -0.2) is 43.8 Å². The molecule has 8 heteroatoms. The number of ether oxygens (including phenoxy) is 3. The van der Waals surface area contributed by atoms with E-state index in [1.807, 2.05) is 24.3 Å². The highest BCUT2D eigenvalue weighted by Gasteiger charge is 2.28. The normalized spacial score (nSPS) is 17.8. The second-order valence-electron chi connectivity index (χ2n) is 6.98. The van der Waals surface area contributed by atoms with E-state index in [0.717, 1.165) is 30.7 Å². The second kappa shape index (κ2) is 8.40. The van der Waals surface area contributed by atoms with E-state index in [0.29, 0.717) is 17.2 Å². The van der Waals surface area contributed by atoms with E-state index >= 15 is 0 Å². The van der Waals surface area contributed by atoms with Crippen molar-refractivity contribution in [3.63, 3.8) is 0 Å². The maximum atomic E-state index is 12.4. The van der Waals surface area contributed by atoms with Gasteiger partial charge < -0.3 is 19.5 Å². The van der Waals surface area contributed by atoms with Crippen molar-refractivity contribution in [2.45, 2.75) is 18.9 Å². The number of benzene rings is 2. The van der Waals surface area contributed by atoms with Gasteiger partial charge in [0, 0.05) is 17.8 Å². The number of hydrogen-bond donors (Lipinski definition) is 2. The first-order valence-corrected chi connectivity index (χ1v) is 9.51. The zero-order valence-electron chi connectivity index (χ0n) is 16.1. The highest BCUT2D eigenvalue weighted by molar-refractivity contribution is 6.01. The molecule has 1 fully saturated rings. The highest BCUT2D eigenvalue weighted by atomic mass is 16.7. The molecule has 2 N–H and O–H groups in total. The Labute approximate surface area is 168 Å². The molecule has 0 bridgehead atoms. The number of nitrogens with one attached hydrogen (secondary N) is 2. The fourth-order valence-corrected chi connectivity index (χ4v) is 3.73. The fraction of sp³-hybridized carbons (Fsp3) is 0.333. The van der Waals surface area contributed by atoms with Crippen LogP contribution >= 0.6 is 0 Å². The molecule has 152 valence electrons. The Kier molecular flexibility index (Phi) is 5.53. The van der Waals surface area contributed by atoms with Crippen LogP contribution in [0.2, 0.25) is 0 Å². The molecular formula is C21H23N3O5. The lowest BCUT2D eigenvalue weighted by Gasteiger charge is -2.24. The van der Waals surface area contributed by atoms with Gasteiger partial charge in [-0.1, -0.05) is 12.1 Å². The smallest absolute Gasteiger partial charge is 0.325 e. The average molecular weight is 397 g/mol. The van der Waals surface area contributed by atoms with Gasteiger partial charge in [0.2, 0.25) is 12.7 Å². The Balaban J connectivity index is 1.33. The Hall–Kier alpha value is -3.26. The summed E-state index contributed by atoms with van der Waals surface area (Å²) in [5.41, 5.74) is 1.63. The summed E-state index contributed by atoms with van der Waals surface area (Å²) in [5, 5.41) is 5.03. The summed E-state index contributed by atoms with van der Waals surface area (Å²) in [6.45, 7) is 1.11. The second-order valence-corrected chi connectivity index (χ2v) is 6.98. The van der Waals surface area contributed by atoms with Crippen molar-refractivity contribution in [3.05, 3.63) is 48.0 Å². The Morgan fingerprint density at radius 3 is 2.90 bits per heavy atom. The van der Waals surface area contributed by atoms with Gasteiger partial charge in [0.25, 0.3) is 0 Å². The molecule has 4 rings (SSSR count). The lowest BCUT2D eigenvalue weighted by atomic mass is 10.0. The lowest BCUT2D eigenvalue weighted by molar-refractivity contribution is -0.121. The maximum absolute atomic E-state index is 12.4. The van der Waals surface area contributed by atoms with Gasteiger partial charge in [-0.25, -0.2) is 4.79 Å². The number of rotatable bonds is 5. The molecule has 8 nitrogen and oxygen atoms in total. The number of likely N-dealkylation sites (tertiary alicyclic amines) is 1. The summed E-state index contributed by atoms with van der Waals surface area (Å²) in [7, 11) is 1.64. The van der Waals surface area contributed by atoms with Crippen molar-refractivity contribution in [1.82, 2.24) is 10.2 Å². The standard InChI is InChI=1S/C21H23N3O5/c1-27-16-5-2-4-14(10-16)17-6-3-9-24(17)12-20(25)23-21(26)22-15-7-8-18-19(11-15)29-13-28-18/h2,4-5,7-8,10-11,17H,3,6,9,12-13H2,1H3,(H2,22,23,25,26). The number of methoxy groups -OCH3 is 1. The third-order valence-corrected chi connectivity index (χ3v) is 5.07. The molecule has 1 saturated heterocycles. The zero-order chi connectivity index (χ0) is 20.2. The molecule has 1 unspecified atom stereocenters. The molecule has 0 aliphatic carbocycles. The van der Waals surface area contributed by atoms with Crippen LogP contribution in [0.25, 0.3) is 0 Å². The van der Waals surface area contributed by atoms with Gasteiger partial charge in [-0.15, -0.1) is 0 Å². The highest BCUT2D eigenvalue weighted by Crippen LogP contribution is 2.34. The molecule has 2 aromatic rings. The van der Waals surface area contributed by atoms with E-state index in [9.17, 15) is 9.59 Å². The van der Waals surface area contributed by atoms with E-state index in [1.54, 1.807) is 25.3 Å². The van der Waals surface area contributed by atoms with Gasteiger partial charge in [0.1, 0.15) is 5.75 Å². The van der Waals surface area contributed by atoms with Gasteiger partial charge in [0.15, 0.2) is 11.5 Å². The average Bonchev–Trinajstić information content (AvgIpc) is 3.36. The number of nitrogens with zero attached hydrogens (tertiary/aromatic N) is 1. The molecule has 2 heterocycles. The molecule has 0 aromatic heterocycles. The molecule has 0 spiro atoms. The van der Waals surface area contributed by atoms with Crippen LogP contribution in [0.1, 0.15) is 24.4 Å². The number of amides is 3. The molecule has 1 atom stereocenters. The maximum Gasteiger partial charge on any atom is 0.325 e. The number of anilines is 1. The minimum Gasteiger partial charge on any atom is -0.497 e. The quantitative estimate of drug-likeness (QED) is 0.807. The topological polar surface area (TPSA) is 89.1 Å². The number of urea groups is 1. The number of imide groups is 1. The fourth-order valence-electron chi connectivity index (χ4n) is 3.73. The van der Waals surface area contributed by atoms with Crippen LogP contribution in [0.4, 0.5) is 10.5 Å².